The molecule has 0 aromatic heterocycles. The van der Waals surface area contributed by atoms with Crippen LogP contribution in [0.3, 0.4) is 0 Å². The maximum atomic E-state index is 5.35. The monoisotopic (exact) mass is 130 g/mol. The van der Waals surface area contributed by atoms with Crippen LogP contribution in [0.2, 0.25) is 0 Å². The third-order valence-corrected chi connectivity index (χ3v) is 1.73. The molecule has 2 aliphatic heterocycles. The Balaban J connectivity index is 1.97. The second-order valence-electron chi connectivity index (χ2n) is 2.36. The van der Waals surface area contributed by atoms with Gasteiger partial charge < -0.3 is 14.2 Å². The highest BCUT2D eigenvalue weighted by Gasteiger charge is 2.32. The molecule has 0 aliphatic carbocycles. The molecule has 2 heterocycles. The molecule has 0 aromatic carbocycles. The molecule has 2 rings (SSSR count). The van der Waals surface area contributed by atoms with E-state index in [0.29, 0.717) is 13.2 Å². The molecule has 3 nitrogen and oxygen atoms in total. The predicted octanol–water partition coefficient (Wildman–Crippen LogP) is -0.199. The number of hydrogen-bond acceptors (Lipinski definition) is 3. The summed E-state index contributed by atoms with van der Waals surface area (Å²) in [7, 11) is 0. The second kappa shape index (κ2) is 2.25. The molecular formula is C6H10O3. The fraction of sp³-hybridized carbons (Fsp3) is 1.00. The highest BCUT2D eigenvalue weighted by molar-refractivity contribution is 4.78. The molecule has 3 heteroatoms. The second-order valence-corrected chi connectivity index (χ2v) is 2.36. The lowest BCUT2D eigenvalue weighted by molar-refractivity contribution is -0.116. The van der Waals surface area contributed by atoms with Crippen molar-refractivity contribution in [2.75, 3.05) is 26.4 Å². The van der Waals surface area contributed by atoms with Gasteiger partial charge in [0.2, 0.25) is 0 Å². The minimum atomic E-state index is 0.221. The first-order valence-corrected chi connectivity index (χ1v) is 3.28. The third kappa shape index (κ3) is 0.956. The Hall–Kier alpha value is -0.120. The zero-order chi connectivity index (χ0) is 6.10. The summed E-state index contributed by atoms with van der Waals surface area (Å²) in [5, 5.41) is 0. The number of fused-ring (bicyclic) bond motifs is 1. The van der Waals surface area contributed by atoms with Gasteiger partial charge in [-0.25, -0.2) is 0 Å². The summed E-state index contributed by atoms with van der Waals surface area (Å²) in [6.07, 6.45) is 0.442. The van der Waals surface area contributed by atoms with Crippen LogP contribution in [0.15, 0.2) is 0 Å². The van der Waals surface area contributed by atoms with E-state index >= 15 is 0 Å². The zero-order valence-corrected chi connectivity index (χ0v) is 5.21. The van der Waals surface area contributed by atoms with Crippen LogP contribution in [0.5, 0.6) is 0 Å². The molecule has 0 radical (unpaired) electrons. The highest BCUT2D eigenvalue weighted by Crippen LogP contribution is 2.16. The minimum absolute atomic E-state index is 0.221. The third-order valence-electron chi connectivity index (χ3n) is 1.73. The lowest BCUT2D eigenvalue weighted by atomic mass is 10.2. The van der Waals surface area contributed by atoms with Gasteiger partial charge in [0.05, 0.1) is 26.4 Å². The van der Waals surface area contributed by atoms with E-state index in [1.807, 2.05) is 0 Å². The standard InChI is InChI=1S/C6H10O3/c1-2-9-6-4-7-3-5(6)8-1/h5-6H,1-4H2. The van der Waals surface area contributed by atoms with Crippen LogP contribution in [0.4, 0.5) is 0 Å². The van der Waals surface area contributed by atoms with Crippen molar-refractivity contribution in [2.24, 2.45) is 0 Å². The van der Waals surface area contributed by atoms with Gasteiger partial charge in [0, 0.05) is 0 Å². The van der Waals surface area contributed by atoms with Gasteiger partial charge in [0.15, 0.2) is 0 Å². The summed E-state index contributed by atoms with van der Waals surface area (Å²) in [6.45, 7) is 2.88. The summed E-state index contributed by atoms with van der Waals surface area (Å²) < 4.78 is 15.8. The summed E-state index contributed by atoms with van der Waals surface area (Å²) in [5.41, 5.74) is 0. The van der Waals surface area contributed by atoms with E-state index in [9.17, 15) is 0 Å². The van der Waals surface area contributed by atoms with Crippen LogP contribution >= 0.6 is 0 Å². The van der Waals surface area contributed by atoms with Gasteiger partial charge in [-0.1, -0.05) is 0 Å². The van der Waals surface area contributed by atoms with Gasteiger partial charge in [-0.15, -0.1) is 0 Å². The molecular weight excluding hydrogens is 120 g/mol. The first-order valence-electron chi connectivity index (χ1n) is 3.28. The van der Waals surface area contributed by atoms with Crippen molar-refractivity contribution in [3.8, 4) is 0 Å². The normalized spacial score (nSPS) is 42.7. The van der Waals surface area contributed by atoms with Gasteiger partial charge >= 0.3 is 0 Å². The Kier molecular flexibility index (Phi) is 1.41. The molecule has 2 aliphatic rings. The fourth-order valence-corrected chi connectivity index (χ4v) is 1.22. The Labute approximate surface area is 53.9 Å². The number of hydrogen-bond donors (Lipinski definition) is 0. The molecule has 0 N–H and O–H groups in total. The lowest BCUT2D eigenvalue weighted by Gasteiger charge is -2.23. The lowest BCUT2D eigenvalue weighted by Crippen LogP contribution is -2.36. The Morgan fingerprint density at radius 2 is 1.44 bits per heavy atom. The molecule has 2 atom stereocenters. The van der Waals surface area contributed by atoms with Crippen molar-refractivity contribution in [3.63, 3.8) is 0 Å². The average Bonchev–Trinajstić information content (AvgIpc) is 2.33. The van der Waals surface area contributed by atoms with Crippen molar-refractivity contribution in [2.45, 2.75) is 12.2 Å². The topological polar surface area (TPSA) is 27.7 Å². The first-order chi connectivity index (χ1) is 4.47. The first kappa shape index (κ1) is 5.65. The Morgan fingerprint density at radius 1 is 0.889 bits per heavy atom. The van der Waals surface area contributed by atoms with Gasteiger partial charge in [-0.2, -0.15) is 0 Å². The van der Waals surface area contributed by atoms with Crippen LogP contribution in [-0.2, 0) is 14.2 Å². The molecule has 0 spiro atoms. The molecule has 52 valence electrons. The SMILES string of the molecule is C1COC2COCC2O1. The predicted molar refractivity (Wildman–Crippen MR) is 30.3 cm³/mol. The molecule has 0 bridgehead atoms. The van der Waals surface area contributed by atoms with Crippen molar-refractivity contribution in [1.82, 2.24) is 0 Å². The van der Waals surface area contributed by atoms with Gasteiger partial charge in [-0.3, -0.25) is 0 Å². The number of rotatable bonds is 0. The molecule has 2 fully saturated rings. The quantitative estimate of drug-likeness (QED) is 0.454. The van der Waals surface area contributed by atoms with Crippen LogP contribution < -0.4 is 0 Å². The van der Waals surface area contributed by atoms with Crippen LogP contribution in [0.25, 0.3) is 0 Å². The molecule has 0 aromatic rings. The van der Waals surface area contributed by atoms with E-state index < -0.39 is 0 Å². The van der Waals surface area contributed by atoms with Crippen LogP contribution in [0, 0.1) is 0 Å². The van der Waals surface area contributed by atoms with Gasteiger partial charge in [0.1, 0.15) is 12.2 Å². The van der Waals surface area contributed by atoms with E-state index in [1.54, 1.807) is 0 Å². The zero-order valence-electron chi connectivity index (χ0n) is 5.21. The smallest absolute Gasteiger partial charge is 0.109 e. The van der Waals surface area contributed by atoms with Crippen molar-refractivity contribution in [1.29, 1.82) is 0 Å². The van der Waals surface area contributed by atoms with Crippen molar-refractivity contribution < 1.29 is 14.2 Å². The molecule has 0 amide bonds. The average molecular weight is 130 g/mol. The van der Waals surface area contributed by atoms with Crippen molar-refractivity contribution in [3.05, 3.63) is 0 Å². The fourth-order valence-electron chi connectivity index (χ4n) is 1.22. The highest BCUT2D eigenvalue weighted by atomic mass is 16.6. The van der Waals surface area contributed by atoms with Gasteiger partial charge in [-0.05, 0) is 0 Å². The summed E-state index contributed by atoms with van der Waals surface area (Å²) in [5.74, 6) is 0. The maximum Gasteiger partial charge on any atom is 0.109 e. The molecule has 0 saturated carbocycles. The van der Waals surface area contributed by atoms with Gasteiger partial charge in [0.25, 0.3) is 0 Å². The van der Waals surface area contributed by atoms with E-state index in [1.165, 1.54) is 0 Å². The summed E-state index contributed by atoms with van der Waals surface area (Å²) in [6, 6.07) is 0. The molecule has 2 saturated heterocycles. The van der Waals surface area contributed by atoms with Crippen molar-refractivity contribution >= 4 is 0 Å². The summed E-state index contributed by atoms with van der Waals surface area (Å²) in [4.78, 5) is 0. The van der Waals surface area contributed by atoms with Crippen LogP contribution in [-0.4, -0.2) is 38.6 Å². The van der Waals surface area contributed by atoms with E-state index in [4.69, 9.17) is 14.2 Å². The number of ether oxygens (including phenoxy) is 3. The van der Waals surface area contributed by atoms with E-state index in [-0.39, 0.29) is 12.2 Å². The maximum absolute atomic E-state index is 5.35. The Bertz CT molecular complexity index is 92.5. The summed E-state index contributed by atoms with van der Waals surface area (Å²) >= 11 is 0. The Morgan fingerprint density at radius 3 is 2.00 bits per heavy atom. The van der Waals surface area contributed by atoms with Crippen LogP contribution in [0.1, 0.15) is 0 Å². The van der Waals surface area contributed by atoms with E-state index in [0.717, 1.165) is 13.2 Å². The van der Waals surface area contributed by atoms with E-state index in [2.05, 4.69) is 0 Å². The largest absolute Gasteiger partial charge is 0.376 e. The minimum Gasteiger partial charge on any atom is -0.376 e. The molecule has 2 unspecified atom stereocenters. The molecule has 9 heavy (non-hydrogen) atoms.